The van der Waals surface area contributed by atoms with Crippen LogP contribution in [0.2, 0.25) is 0 Å². The molecule has 2 aromatic carbocycles. The van der Waals surface area contributed by atoms with E-state index in [1.165, 1.54) is 37.9 Å². The molecule has 2 saturated heterocycles. The summed E-state index contributed by atoms with van der Waals surface area (Å²) in [7, 11) is 0. The lowest BCUT2D eigenvalue weighted by Gasteiger charge is -2.43. The molecule has 0 unspecified atom stereocenters. The molecule has 0 spiro atoms. The van der Waals surface area contributed by atoms with E-state index in [-0.39, 0.29) is 11.6 Å². The third-order valence-corrected chi connectivity index (χ3v) is 7.93. The van der Waals surface area contributed by atoms with Gasteiger partial charge < -0.3 is 19.3 Å². The number of carbonyl (C=O) groups is 1. The molecule has 2 aliphatic heterocycles. The summed E-state index contributed by atoms with van der Waals surface area (Å²) in [4.78, 5) is 16.9. The molecule has 184 valence electrons. The summed E-state index contributed by atoms with van der Waals surface area (Å²) < 4.78 is 13.0. The predicted molar refractivity (Wildman–Crippen MR) is 141 cm³/mol. The number of anilines is 1. The normalized spacial score (nSPS) is 18.6. The van der Waals surface area contributed by atoms with Crippen LogP contribution >= 0.6 is 15.9 Å². The Morgan fingerprint density at radius 1 is 0.971 bits per heavy atom. The largest absolute Gasteiger partial charge is 0.462 e. The van der Waals surface area contributed by atoms with Crippen molar-refractivity contribution in [3.63, 3.8) is 0 Å². The van der Waals surface area contributed by atoms with Crippen LogP contribution in [0.3, 0.4) is 0 Å². The van der Waals surface area contributed by atoms with Crippen molar-refractivity contribution in [2.24, 2.45) is 0 Å². The quantitative estimate of drug-likeness (QED) is 0.390. The predicted octanol–water partition coefficient (Wildman–Crippen LogP) is 5.71. The Bertz CT molecular complexity index is 920. The highest BCUT2D eigenvalue weighted by Gasteiger charge is 2.36. The first-order valence-corrected chi connectivity index (χ1v) is 13.5. The molecule has 0 aliphatic carbocycles. The Labute approximate surface area is 212 Å². The molecular formula is C28H37BrN2O3. The van der Waals surface area contributed by atoms with Crippen molar-refractivity contribution in [3.8, 4) is 0 Å². The van der Waals surface area contributed by atoms with Gasteiger partial charge in [0.2, 0.25) is 0 Å². The van der Waals surface area contributed by atoms with E-state index >= 15 is 0 Å². The maximum absolute atomic E-state index is 12.0. The average Bonchev–Trinajstić information content (AvgIpc) is 2.87. The molecule has 34 heavy (non-hydrogen) atoms. The molecule has 0 radical (unpaired) electrons. The van der Waals surface area contributed by atoms with Crippen molar-refractivity contribution in [2.45, 2.75) is 51.0 Å². The molecule has 0 aromatic heterocycles. The third-order valence-electron chi connectivity index (χ3n) is 7.15. The van der Waals surface area contributed by atoms with Gasteiger partial charge in [0.1, 0.15) is 0 Å². The first-order chi connectivity index (χ1) is 16.6. The minimum atomic E-state index is -0.262. The number of carbonyl (C=O) groups excluding carboxylic acids is 1. The van der Waals surface area contributed by atoms with E-state index in [1.807, 2.05) is 31.2 Å². The Balaban J connectivity index is 1.40. The molecule has 2 heterocycles. The Hall–Kier alpha value is -1.89. The van der Waals surface area contributed by atoms with Crippen LogP contribution < -0.4 is 4.90 Å². The zero-order chi connectivity index (χ0) is 23.8. The molecule has 0 bridgehead atoms. The second kappa shape index (κ2) is 12.2. The lowest BCUT2D eigenvalue weighted by atomic mass is 9.84. The van der Waals surface area contributed by atoms with Gasteiger partial charge in [0.05, 0.1) is 24.4 Å². The molecule has 0 N–H and O–H groups in total. The number of nitrogens with zero attached hydrogens (tertiary/aromatic N) is 2. The lowest BCUT2D eigenvalue weighted by molar-refractivity contribution is -0.0684. The second-order valence-corrected chi connectivity index (χ2v) is 10.3. The number of esters is 1. The standard InChI is InChI=1S/C28H37BrN2O3/c1-2-33-27(32)23-10-12-25(13-11-23)31-18-14-28(15-19-31,22-24-8-4-5-9-26(24)29)34-21-20-30-16-6-3-7-17-30/h4-5,8-13H,2-3,6-7,14-22H2,1H3. The van der Waals surface area contributed by atoms with Crippen LogP contribution in [0.1, 0.15) is 54.9 Å². The number of likely N-dealkylation sites (tertiary alicyclic amines) is 1. The maximum atomic E-state index is 12.0. The van der Waals surface area contributed by atoms with Crippen LogP contribution in [0.5, 0.6) is 0 Å². The van der Waals surface area contributed by atoms with Gasteiger partial charge in [-0.15, -0.1) is 0 Å². The monoisotopic (exact) mass is 528 g/mol. The average molecular weight is 530 g/mol. The number of benzene rings is 2. The summed E-state index contributed by atoms with van der Waals surface area (Å²) >= 11 is 3.74. The zero-order valence-corrected chi connectivity index (χ0v) is 21.9. The highest BCUT2D eigenvalue weighted by Crippen LogP contribution is 2.34. The fourth-order valence-electron chi connectivity index (χ4n) is 5.13. The molecule has 0 atom stereocenters. The minimum absolute atomic E-state index is 0.152. The van der Waals surface area contributed by atoms with Crippen molar-refractivity contribution in [1.82, 2.24) is 4.90 Å². The number of ether oxygens (including phenoxy) is 2. The highest BCUT2D eigenvalue weighted by atomic mass is 79.9. The van der Waals surface area contributed by atoms with E-state index < -0.39 is 0 Å². The zero-order valence-electron chi connectivity index (χ0n) is 20.3. The summed E-state index contributed by atoms with van der Waals surface area (Å²) in [6.07, 6.45) is 6.87. The van der Waals surface area contributed by atoms with E-state index in [1.54, 1.807) is 0 Å². The number of piperidine rings is 2. The van der Waals surface area contributed by atoms with E-state index in [9.17, 15) is 4.79 Å². The maximum Gasteiger partial charge on any atom is 0.338 e. The van der Waals surface area contributed by atoms with E-state index in [4.69, 9.17) is 9.47 Å². The fraction of sp³-hybridized carbons (Fsp3) is 0.536. The molecule has 4 rings (SSSR count). The first-order valence-electron chi connectivity index (χ1n) is 12.7. The van der Waals surface area contributed by atoms with E-state index in [0.717, 1.165) is 55.7 Å². The van der Waals surface area contributed by atoms with Crippen LogP contribution in [-0.4, -0.2) is 62.4 Å². The molecule has 5 nitrogen and oxygen atoms in total. The highest BCUT2D eigenvalue weighted by molar-refractivity contribution is 9.10. The Morgan fingerprint density at radius 3 is 2.35 bits per heavy atom. The van der Waals surface area contributed by atoms with Gasteiger partial charge in [0.15, 0.2) is 0 Å². The van der Waals surface area contributed by atoms with Crippen molar-refractivity contribution < 1.29 is 14.3 Å². The summed E-state index contributed by atoms with van der Waals surface area (Å²) in [5.41, 5.74) is 2.91. The van der Waals surface area contributed by atoms with Crippen LogP contribution in [-0.2, 0) is 15.9 Å². The molecule has 6 heteroatoms. The second-order valence-electron chi connectivity index (χ2n) is 9.46. The summed E-state index contributed by atoms with van der Waals surface area (Å²) in [6, 6.07) is 16.3. The van der Waals surface area contributed by atoms with Crippen molar-refractivity contribution >= 4 is 27.6 Å². The smallest absolute Gasteiger partial charge is 0.338 e. The van der Waals surface area contributed by atoms with Crippen LogP contribution in [0.4, 0.5) is 5.69 Å². The molecule has 2 fully saturated rings. The Morgan fingerprint density at radius 2 is 1.68 bits per heavy atom. The van der Waals surface area contributed by atoms with E-state index in [0.29, 0.717) is 12.2 Å². The van der Waals surface area contributed by atoms with E-state index in [2.05, 4.69) is 50.0 Å². The van der Waals surface area contributed by atoms with Gasteiger partial charge in [0, 0.05) is 36.2 Å². The number of hydrogen-bond acceptors (Lipinski definition) is 5. The lowest BCUT2D eigenvalue weighted by Crippen LogP contribution is -2.48. The first kappa shape index (κ1) is 25.2. The van der Waals surface area contributed by atoms with Gasteiger partial charge in [-0.3, -0.25) is 0 Å². The van der Waals surface area contributed by atoms with Crippen LogP contribution in [0, 0.1) is 0 Å². The molecule has 2 aromatic rings. The number of rotatable bonds is 9. The molecule has 0 saturated carbocycles. The van der Waals surface area contributed by atoms with Gasteiger partial charge in [-0.05, 0) is 81.6 Å². The minimum Gasteiger partial charge on any atom is -0.462 e. The summed E-state index contributed by atoms with van der Waals surface area (Å²) in [5, 5.41) is 0. The van der Waals surface area contributed by atoms with Gasteiger partial charge in [-0.2, -0.15) is 0 Å². The van der Waals surface area contributed by atoms with Crippen molar-refractivity contribution in [3.05, 3.63) is 64.1 Å². The molecule has 2 aliphatic rings. The summed E-state index contributed by atoms with van der Waals surface area (Å²) in [5.74, 6) is -0.262. The van der Waals surface area contributed by atoms with Gasteiger partial charge >= 0.3 is 5.97 Å². The number of hydrogen-bond donors (Lipinski definition) is 0. The molecular weight excluding hydrogens is 492 g/mol. The van der Waals surface area contributed by atoms with Gasteiger partial charge in [-0.1, -0.05) is 40.5 Å². The Kier molecular flexibility index (Phi) is 9.04. The van der Waals surface area contributed by atoms with Crippen molar-refractivity contribution in [2.75, 3.05) is 50.8 Å². The van der Waals surface area contributed by atoms with Crippen molar-refractivity contribution in [1.29, 1.82) is 0 Å². The number of halogens is 1. The third kappa shape index (κ3) is 6.61. The van der Waals surface area contributed by atoms with Gasteiger partial charge in [-0.25, -0.2) is 4.79 Å². The SMILES string of the molecule is CCOC(=O)c1ccc(N2CCC(Cc3ccccc3Br)(OCCN3CCCCC3)CC2)cc1. The van der Waals surface area contributed by atoms with Gasteiger partial charge in [0.25, 0.3) is 0 Å². The summed E-state index contributed by atoms with van der Waals surface area (Å²) in [6.45, 7) is 8.32. The topological polar surface area (TPSA) is 42.0 Å². The van der Waals surface area contributed by atoms with Crippen LogP contribution in [0.15, 0.2) is 53.0 Å². The molecule has 0 amide bonds. The van der Waals surface area contributed by atoms with Crippen LogP contribution in [0.25, 0.3) is 0 Å². The fourth-order valence-corrected chi connectivity index (χ4v) is 5.56.